The molecule has 8 nitrogen and oxygen atoms in total. The second-order valence-electron chi connectivity index (χ2n) is 18.8. The Labute approximate surface area is 318 Å². The second kappa shape index (κ2) is 13.5. The van der Waals surface area contributed by atoms with Gasteiger partial charge in [0.1, 0.15) is 0 Å². The first kappa shape index (κ1) is 39.5. The molecule has 8 atom stereocenters. The van der Waals surface area contributed by atoms with Crippen LogP contribution in [0.4, 0.5) is 13.2 Å². The minimum Gasteiger partial charge on any atom is -0.478 e. The number of hydrogen-bond donors (Lipinski definition) is 3. The van der Waals surface area contributed by atoms with Gasteiger partial charge in [0.2, 0.25) is 0 Å². The van der Waals surface area contributed by atoms with Crippen LogP contribution in [0.5, 0.6) is 0 Å². The molecule has 5 fully saturated rings. The average molecular weight is 774 g/mol. The summed E-state index contributed by atoms with van der Waals surface area (Å²) in [6, 6.07) is 7.28. The molecule has 8 unspecified atom stereocenters. The maximum Gasteiger partial charge on any atom is 0.471 e. The Morgan fingerprint density at radius 1 is 0.926 bits per heavy atom. The van der Waals surface area contributed by atoms with Gasteiger partial charge in [0, 0.05) is 43.8 Å². The van der Waals surface area contributed by atoms with E-state index in [1.54, 1.807) is 12.1 Å². The molecule has 7 rings (SSSR count). The first-order chi connectivity index (χ1) is 25.2. The zero-order valence-electron chi connectivity index (χ0n) is 32.4. The maximum atomic E-state index is 13.4. The minimum absolute atomic E-state index is 0.0000954. The molecule has 1 amide bonds. The van der Waals surface area contributed by atoms with E-state index in [1.807, 2.05) is 12.1 Å². The van der Waals surface area contributed by atoms with Gasteiger partial charge in [0.25, 0.3) is 0 Å². The summed E-state index contributed by atoms with van der Waals surface area (Å²) in [7, 11) is -2.99. The van der Waals surface area contributed by atoms with E-state index in [1.165, 1.54) is 11.8 Å². The lowest BCUT2D eigenvalue weighted by Gasteiger charge is -2.72. The number of carbonyl (C=O) groups is 2. The molecule has 0 aromatic heterocycles. The maximum absolute atomic E-state index is 13.4. The number of nitrogens with one attached hydrogen (secondary N) is 2. The number of hydrogen-bond acceptors (Lipinski definition) is 6. The summed E-state index contributed by atoms with van der Waals surface area (Å²) < 4.78 is 64.1. The largest absolute Gasteiger partial charge is 0.478 e. The number of fused-ring (bicyclic) bond motifs is 7. The van der Waals surface area contributed by atoms with Crippen LogP contribution in [0.1, 0.15) is 108 Å². The van der Waals surface area contributed by atoms with Crippen LogP contribution in [-0.2, 0) is 14.6 Å². The van der Waals surface area contributed by atoms with Crippen molar-refractivity contribution in [2.45, 2.75) is 104 Å². The number of carboxylic acid groups (broad SMARTS) is 1. The van der Waals surface area contributed by atoms with Crippen LogP contribution in [0.25, 0.3) is 5.57 Å². The number of aromatic carboxylic acids is 1. The Morgan fingerprint density at radius 2 is 1.61 bits per heavy atom. The average Bonchev–Trinajstić information content (AvgIpc) is 3.46. The number of alkyl halides is 3. The lowest BCUT2D eigenvalue weighted by atomic mass is 9.33. The van der Waals surface area contributed by atoms with Crippen molar-refractivity contribution in [3.8, 4) is 0 Å². The Hall–Kier alpha value is -2.70. The summed E-state index contributed by atoms with van der Waals surface area (Å²) in [6.07, 6.45) is 7.24. The van der Waals surface area contributed by atoms with Gasteiger partial charge < -0.3 is 20.6 Å². The van der Waals surface area contributed by atoms with Crippen LogP contribution in [0.15, 0.2) is 42.1 Å². The molecule has 1 heterocycles. The molecular formula is C42H58F3N3O5S. The summed E-state index contributed by atoms with van der Waals surface area (Å²) in [5, 5.41) is 15.5. The summed E-state index contributed by atoms with van der Waals surface area (Å²) in [4.78, 5) is 25.8. The zero-order chi connectivity index (χ0) is 39.1. The molecule has 298 valence electrons. The highest BCUT2D eigenvalue weighted by Crippen LogP contribution is 2.76. The van der Waals surface area contributed by atoms with E-state index in [4.69, 9.17) is 0 Å². The highest BCUT2D eigenvalue weighted by molar-refractivity contribution is 7.91. The highest BCUT2D eigenvalue weighted by Gasteiger charge is 2.70. The van der Waals surface area contributed by atoms with Crippen LogP contribution < -0.4 is 10.6 Å². The number of carboxylic acids is 1. The Morgan fingerprint density at radius 3 is 2.26 bits per heavy atom. The van der Waals surface area contributed by atoms with Gasteiger partial charge in [-0.2, -0.15) is 13.2 Å². The summed E-state index contributed by atoms with van der Waals surface area (Å²) in [5.74, 6) is -1.44. The van der Waals surface area contributed by atoms with Crippen LogP contribution in [0.3, 0.4) is 0 Å². The summed E-state index contributed by atoms with van der Waals surface area (Å²) in [6.45, 7) is 14.6. The monoisotopic (exact) mass is 773 g/mol. The van der Waals surface area contributed by atoms with E-state index < -0.39 is 27.9 Å². The van der Waals surface area contributed by atoms with Gasteiger partial charge in [-0.1, -0.05) is 52.8 Å². The Balaban J connectivity index is 1.17. The molecule has 1 aliphatic heterocycles. The predicted octanol–water partition coefficient (Wildman–Crippen LogP) is 7.48. The number of amides is 1. The number of nitrogens with zero attached hydrogens (tertiary/aromatic N) is 1. The van der Waals surface area contributed by atoms with Gasteiger partial charge in [-0.15, -0.1) is 0 Å². The van der Waals surface area contributed by atoms with Gasteiger partial charge in [0.15, 0.2) is 9.84 Å². The minimum atomic E-state index is -4.96. The molecule has 3 N–H and O–H groups in total. The Bertz CT molecular complexity index is 1830. The van der Waals surface area contributed by atoms with Crippen molar-refractivity contribution < 1.29 is 36.3 Å². The van der Waals surface area contributed by atoms with E-state index in [2.05, 4.69) is 56.2 Å². The molecule has 0 spiro atoms. The Kier molecular flexibility index (Phi) is 9.85. The number of allylic oxidation sites excluding steroid dienone is 2. The molecule has 54 heavy (non-hydrogen) atoms. The van der Waals surface area contributed by atoms with Gasteiger partial charge in [0.05, 0.1) is 17.1 Å². The van der Waals surface area contributed by atoms with Gasteiger partial charge in [-0.05, 0) is 126 Å². The van der Waals surface area contributed by atoms with Crippen LogP contribution >= 0.6 is 0 Å². The molecule has 0 bridgehead atoms. The third-order valence-corrected chi connectivity index (χ3v) is 17.9. The van der Waals surface area contributed by atoms with Crippen molar-refractivity contribution in [2.24, 2.45) is 45.3 Å². The third-order valence-electron chi connectivity index (χ3n) is 16.3. The standard InChI is InChI=1S/C42H58F3N3O5S/c1-37(2)30(27-6-8-28(9-7-27)35(49)50)13-15-38(3)32(37)14-16-40(5)33(38)11-10-31-34-29(26-46-36(51)42(43,44)45)12-17-41(34,19-18-39(31,40)4)47-20-21-48-22-24-54(52,53)25-23-48/h6-9,13,26,31-34,47H,10-12,14-25H2,1-5H3,(H,46,51)(H,49,50). The fourth-order valence-electron chi connectivity index (χ4n) is 13.4. The van der Waals surface area contributed by atoms with E-state index in [0.717, 1.165) is 62.5 Å². The fraction of sp³-hybridized carbons (Fsp3) is 0.714. The number of carbonyl (C=O) groups excluding carboxylic acids is 1. The lowest BCUT2D eigenvalue weighted by Crippen LogP contribution is -2.67. The van der Waals surface area contributed by atoms with Crippen molar-refractivity contribution in [1.29, 1.82) is 0 Å². The number of benzene rings is 1. The molecule has 1 saturated heterocycles. The molecular weight excluding hydrogens is 716 g/mol. The van der Waals surface area contributed by atoms with Crippen molar-refractivity contribution in [3.05, 3.63) is 53.2 Å². The third kappa shape index (κ3) is 6.38. The second-order valence-corrected chi connectivity index (χ2v) is 21.1. The highest BCUT2D eigenvalue weighted by atomic mass is 32.2. The summed E-state index contributed by atoms with van der Waals surface area (Å²) >= 11 is 0. The van der Waals surface area contributed by atoms with Crippen molar-refractivity contribution >= 4 is 27.3 Å². The molecule has 12 heteroatoms. The van der Waals surface area contributed by atoms with Crippen LogP contribution in [-0.4, -0.2) is 79.7 Å². The van der Waals surface area contributed by atoms with E-state index in [0.29, 0.717) is 44.4 Å². The number of halogens is 3. The lowest BCUT2D eigenvalue weighted by molar-refractivity contribution is -0.214. The van der Waals surface area contributed by atoms with E-state index >= 15 is 0 Å². The van der Waals surface area contributed by atoms with Crippen LogP contribution in [0, 0.1) is 45.3 Å². The normalized spacial score (nSPS) is 39.4. The predicted molar refractivity (Wildman–Crippen MR) is 203 cm³/mol. The molecule has 5 aliphatic carbocycles. The van der Waals surface area contributed by atoms with Crippen molar-refractivity contribution in [1.82, 2.24) is 15.5 Å². The van der Waals surface area contributed by atoms with Gasteiger partial charge >= 0.3 is 18.1 Å². The van der Waals surface area contributed by atoms with Crippen molar-refractivity contribution in [3.63, 3.8) is 0 Å². The number of rotatable bonds is 7. The molecule has 4 saturated carbocycles. The van der Waals surface area contributed by atoms with Crippen molar-refractivity contribution in [2.75, 3.05) is 37.7 Å². The molecule has 1 aromatic rings. The molecule has 0 radical (unpaired) electrons. The first-order valence-electron chi connectivity index (χ1n) is 20.0. The molecule has 6 aliphatic rings. The van der Waals surface area contributed by atoms with Gasteiger partial charge in [-0.3, -0.25) is 4.79 Å². The SMILES string of the molecule is CC1(C)C(c2ccc(C(=O)O)cc2)=CCC2(C)C1CCC1(C)C2CCC2C3C(=CNC(=O)C(F)(F)F)CCC3(NCCN3CCS(=O)(=O)CC3)CCC21C. The number of sulfone groups is 1. The van der Waals surface area contributed by atoms with E-state index in [9.17, 15) is 36.3 Å². The first-order valence-corrected chi connectivity index (χ1v) is 21.8. The van der Waals surface area contributed by atoms with Gasteiger partial charge in [-0.25, -0.2) is 13.2 Å². The van der Waals surface area contributed by atoms with E-state index in [-0.39, 0.29) is 56.1 Å². The quantitative estimate of drug-likeness (QED) is 0.263. The topological polar surface area (TPSA) is 116 Å². The molecule has 1 aromatic carbocycles. The van der Waals surface area contributed by atoms with Crippen LogP contribution in [0.2, 0.25) is 0 Å². The zero-order valence-corrected chi connectivity index (χ0v) is 33.3. The summed E-state index contributed by atoms with van der Waals surface area (Å²) in [5.41, 5.74) is 3.10. The smallest absolute Gasteiger partial charge is 0.471 e. The fourth-order valence-corrected chi connectivity index (χ4v) is 14.7.